The first kappa shape index (κ1) is 15.0. The number of benzene rings is 1. The fourth-order valence-electron chi connectivity index (χ4n) is 2.96. The van der Waals surface area contributed by atoms with Crippen LogP contribution in [0, 0.1) is 0 Å². The van der Waals surface area contributed by atoms with E-state index in [9.17, 15) is 13.2 Å². The molecule has 22 heavy (non-hydrogen) atoms. The lowest BCUT2D eigenvalue weighted by Crippen LogP contribution is -2.41. The van der Waals surface area contributed by atoms with Gasteiger partial charge in [-0.05, 0) is 25.5 Å². The number of hydrogen-bond donors (Lipinski definition) is 0. The molecule has 1 fully saturated rings. The van der Waals surface area contributed by atoms with Crippen LogP contribution in [-0.2, 0) is 14.6 Å². The van der Waals surface area contributed by atoms with Crippen LogP contribution in [0.2, 0.25) is 0 Å². The molecule has 0 saturated carbocycles. The quantitative estimate of drug-likeness (QED) is 0.853. The molecule has 1 saturated heterocycles. The summed E-state index contributed by atoms with van der Waals surface area (Å²) in [5, 5.41) is 0. The third kappa shape index (κ3) is 2.61. The number of hydrogen-bond acceptors (Lipinski definition) is 4. The van der Waals surface area contributed by atoms with E-state index < -0.39 is 15.9 Å². The lowest BCUT2D eigenvalue weighted by Gasteiger charge is -2.27. The van der Waals surface area contributed by atoms with Crippen LogP contribution in [0.4, 0.5) is 0 Å². The van der Waals surface area contributed by atoms with Crippen molar-refractivity contribution in [3.8, 4) is 0 Å². The SMILES string of the molecule is C[C@H](C(=O)N(C)[C@H]1CCS(=O)(=O)C1)n1cnc2ccccc21. The first-order chi connectivity index (χ1) is 10.4. The zero-order valence-corrected chi connectivity index (χ0v) is 13.5. The molecule has 1 aliphatic rings. The van der Waals surface area contributed by atoms with E-state index in [0.29, 0.717) is 6.42 Å². The van der Waals surface area contributed by atoms with Crippen molar-refractivity contribution in [2.24, 2.45) is 0 Å². The smallest absolute Gasteiger partial charge is 0.245 e. The van der Waals surface area contributed by atoms with Gasteiger partial charge in [0.25, 0.3) is 0 Å². The van der Waals surface area contributed by atoms with E-state index in [0.717, 1.165) is 11.0 Å². The van der Waals surface area contributed by atoms with Gasteiger partial charge in [0.05, 0.1) is 28.9 Å². The number of amides is 1. The second-order valence-corrected chi connectivity index (χ2v) is 8.05. The molecule has 118 valence electrons. The van der Waals surface area contributed by atoms with E-state index in [2.05, 4.69) is 4.98 Å². The molecular weight excluding hydrogens is 302 g/mol. The monoisotopic (exact) mass is 321 g/mol. The highest BCUT2D eigenvalue weighted by Gasteiger charge is 2.34. The summed E-state index contributed by atoms with van der Waals surface area (Å²) in [6.45, 7) is 1.82. The lowest BCUT2D eigenvalue weighted by atomic mass is 10.2. The van der Waals surface area contributed by atoms with Gasteiger partial charge in [-0.1, -0.05) is 12.1 Å². The maximum Gasteiger partial charge on any atom is 0.245 e. The highest BCUT2D eigenvalue weighted by atomic mass is 32.2. The minimum absolute atomic E-state index is 0.0621. The van der Waals surface area contributed by atoms with Crippen LogP contribution in [-0.4, -0.2) is 53.4 Å². The molecule has 0 N–H and O–H groups in total. The van der Waals surface area contributed by atoms with E-state index >= 15 is 0 Å². The van der Waals surface area contributed by atoms with Crippen molar-refractivity contribution in [1.82, 2.24) is 14.5 Å². The number of carbonyl (C=O) groups excluding carboxylic acids is 1. The van der Waals surface area contributed by atoms with Gasteiger partial charge in [0.1, 0.15) is 6.04 Å². The van der Waals surface area contributed by atoms with Crippen molar-refractivity contribution in [2.45, 2.75) is 25.4 Å². The Morgan fingerprint density at radius 2 is 2.14 bits per heavy atom. The average molecular weight is 321 g/mol. The minimum Gasteiger partial charge on any atom is -0.340 e. The van der Waals surface area contributed by atoms with Gasteiger partial charge in [0.2, 0.25) is 5.91 Å². The van der Waals surface area contributed by atoms with Gasteiger partial charge in [-0.3, -0.25) is 4.79 Å². The van der Waals surface area contributed by atoms with Crippen molar-refractivity contribution in [3.05, 3.63) is 30.6 Å². The second-order valence-electron chi connectivity index (χ2n) is 5.82. The lowest BCUT2D eigenvalue weighted by molar-refractivity contribution is -0.134. The molecule has 1 aromatic heterocycles. The van der Waals surface area contributed by atoms with Crippen LogP contribution in [0.5, 0.6) is 0 Å². The standard InChI is InChI=1S/C15H19N3O3S/c1-11(18-10-16-13-5-3-4-6-14(13)18)15(19)17(2)12-7-8-22(20,21)9-12/h3-6,10-12H,7-9H2,1-2H3/t11-,12+/m1/s1. The summed E-state index contributed by atoms with van der Waals surface area (Å²) in [7, 11) is -1.32. The Labute approximate surface area is 129 Å². The van der Waals surface area contributed by atoms with E-state index in [1.807, 2.05) is 35.8 Å². The van der Waals surface area contributed by atoms with Crippen molar-refractivity contribution in [3.63, 3.8) is 0 Å². The van der Waals surface area contributed by atoms with Gasteiger partial charge in [0.15, 0.2) is 9.84 Å². The first-order valence-electron chi connectivity index (χ1n) is 7.28. The highest BCUT2D eigenvalue weighted by Crippen LogP contribution is 2.22. The van der Waals surface area contributed by atoms with Gasteiger partial charge in [-0.25, -0.2) is 13.4 Å². The molecule has 0 radical (unpaired) electrons. The third-order valence-electron chi connectivity index (χ3n) is 4.36. The molecule has 6 nitrogen and oxygen atoms in total. The predicted octanol–water partition coefficient (Wildman–Crippen LogP) is 1.24. The Hall–Kier alpha value is -1.89. The van der Waals surface area contributed by atoms with Crippen LogP contribution < -0.4 is 0 Å². The zero-order chi connectivity index (χ0) is 15.9. The van der Waals surface area contributed by atoms with E-state index in [4.69, 9.17) is 0 Å². The number of likely N-dealkylation sites (N-methyl/N-ethyl adjacent to an activating group) is 1. The van der Waals surface area contributed by atoms with E-state index in [-0.39, 0.29) is 23.5 Å². The topological polar surface area (TPSA) is 72.3 Å². The summed E-state index contributed by atoms with van der Waals surface area (Å²) < 4.78 is 25.0. The molecule has 2 atom stereocenters. The molecule has 1 aromatic carbocycles. The number of carbonyl (C=O) groups is 1. The van der Waals surface area contributed by atoms with E-state index in [1.54, 1.807) is 18.3 Å². The van der Waals surface area contributed by atoms with Gasteiger partial charge in [0, 0.05) is 13.1 Å². The molecular formula is C15H19N3O3S. The van der Waals surface area contributed by atoms with Crippen LogP contribution in [0.1, 0.15) is 19.4 Å². The fourth-order valence-corrected chi connectivity index (χ4v) is 4.74. The molecule has 3 rings (SSSR count). The number of nitrogens with zero attached hydrogens (tertiary/aromatic N) is 3. The maximum absolute atomic E-state index is 12.7. The highest BCUT2D eigenvalue weighted by molar-refractivity contribution is 7.91. The first-order valence-corrected chi connectivity index (χ1v) is 9.10. The number of fused-ring (bicyclic) bond motifs is 1. The Kier molecular flexibility index (Phi) is 3.68. The van der Waals surface area contributed by atoms with Gasteiger partial charge < -0.3 is 9.47 Å². The number of aromatic nitrogens is 2. The summed E-state index contributed by atoms with van der Waals surface area (Å²) in [6.07, 6.45) is 2.18. The summed E-state index contributed by atoms with van der Waals surface area (Å²) in [4.78, 5) is 18.5. The van der Waals surface area contributed by atoms with Crippen molar-refractivity contribution in [1.29, 1.82) is 0 Å². The van der Waals surface area contributed by atoms with Crippen LogP contribution in [0.25, 0.3) is 11.0 Å². The average Bonchev–Trinajstić information content (AvgIpc) is 3.08. The van der Waals surface area contributed by atoms with Crippen LogP contribution >= 0.6 is 0 Å². The van der Waals surface area contributed by atoms with Gasteiger partial charge >= 0.3 is 0 Å². The van der Waals surface area contributed by atoms with Crippen molar-refractivity contribution < 1.29 is 13.2 Å². The molecule has 0 unspecified atom stereocenters. The number of imidazole rings is 1. The predicted molar refractivity (Wildman–Crippen MR) is 84.3 cm³/mol. The second kappa shape index (κ2) is 5.39. The Morgan fingerprint density at radius 3 is 2.82 bits per heavy atom. The molecule has 1 amide bonds. The Morgan fingerprint density at radius 1 is 1.41 bits per heavy atom. The van der Waals surface area contributed by atoms with Crippen molar-refractivity contribution >= 4 is 26.8 Å². The number of sulfone groups is 1. The zero-order valence-electron chi connectivity index (χ0n) is 12.6. The minimum atomic E-state index is -3.00. The van der Waals surface area contributed by atoms with Gasteiger partial charge in [-0.15, -0.1) is 0 Å². The summed E-state index contributed by atoms with van der Waals surface area (Å²) in [5.41, 5.74) is 1.74. The molecule has 0 aliphatic carbocycles. The third-order valence-corrected chi connectivity index (χ3v) is 6.11. The summed E-state index contributed by atoms with van der Waals surface area (Å²) in [6, 6.07) is 6.99. The van der Waals surface area contributed by atoms with Crippen LogP contribution in [0.15, 0.2) is 30.6 Å². The van der Waals surface area contributed by atoms with Crippen molar-refractivity contribution in [2.75, 3.05) is 18.6 Å². The summed E-state index contributed by atoms with van der Waals surface area (Å²) >= 11 is 0. The molecule has 7 heteroatoms. The Balaban J connectivity index is 1.82. The summed E-state index contributed by atoms with van der Waals surface area (Å²) in [5.74, 6) is 0.134. The molecule has 0 bridgehead atoms. The Bertz CT molecular complexity index is 812. The number of rotatable bonds is 3. The molecule has 2 heterocycles. The normalized spacial score (nSPS) is 21.8. The van der Waals surface area contributed by atoms with E-state index in [1.165, 1.54) is 0 Å². The molecule has 0 spiro atoms. The molecule has 2 aromatic rings. The molecule has 1 aliphatic heterocycles. The largest absolute Gasteiger partial charge is 0.340 e. The number of para-hydroxylation sites is 2. The fraction of sp³-hybridized carbons (Fsp3) is 0.467. The maximum atomic E-state index is 12.7. The van der Waals surface area contributed by atoms with Gasteiger partial charge in [-0.2, -0.15) is 0 Å². The van der Waals surface area contributed by atoms with Crippen LogP contribution in [0.3, 0.4) is 0 Å².